The number of carbonyl (C=O) groups excluding carboxylic acids is 1. The smallest absolute Gasteiger partial charge is 0.223 e. The average Bonchev–Trinajstić information content (AvgIpc) is 2.39. The van der Waals surface area contributed by atoms with E-state index in [0.29, 0.717) is 24.5 Å². The topological polar surface area (TPSA) is 66.5 Å². The zero-order valence-corrected chi connectivity index (χ0v) is 14.9. The standard InChI is InChI=1S/C16H23ClN2O3S/c1-23(21,22)19(10-8-13-4-2-7-15(17)12-13)11-9-18-16(20)14-5-3-6-14/h2,4,7,12,14H,3,5-6,8-11H2,1H3,(H,18,20). The van der Waals surface area contributed by atoms with Gasteiger partial charge in [0.1, 0.15) is 0 Å². The molecular weight excluding hydrogens is 336 g/mol. The van der Waals surface area contributed by atoms with E-state index in [-0.39, 0.29) is 18.4 Å². The molecule has 1 saturated carbocycles. The van der Waals surface area contributed by atoms with Crippen molar-refractivity contribution in [2.75, 3.05) is 25.9 Å². The molecule has 0 heterocycles. The van der Waals surface area contributed by atoms with Gasteiger partial charge < -0.3 is 5.32 Å². The Bertz CT molecular complexity index is 644. The van der Waals surface area contributed by atoms with Crippen LogP contribution in [0.15, 0.2) is 24.3 Å². The van der Waals surface area contributed by atoms with Gasteiger partial charge in [-0.15, -0.1) is 0 Å². The molecule has 0 atom stereocenters. The van der Waals surface area contributed by atoms with E-state index >= 15 is 0 Å². The molecule has 0 unspecified atom stereocenters. The first-order valence-corrected chi connectivity index (χ1v) is 10.1. The van der Waals surface area contributed by atoms with E-state index in [1.165, 1.54) is 10.6 Å². The van der Waals surface area contributed by atoms with Gasteiger partial charge in [0.25, 0.3) is 0 Å². The van der Waals surface area contributed by atoms with Crippen molar-refractivity contribution in [1.29, 1.82) is 0 Å². The minimum Gasteiger partial charge on any atom is -0.355 e. The zero-order valence-electron chi connectivity index (χ0n) is 13.3. The van der Waals surface area contributed by atoms with E-state index in [0.717, 1.165) is 24.8 Å². The van der Waals surface area contributed by atoms with Gasteiger partial charge in [0.05, 0.1) is 6.26 Å². The van der Waals surface area contributed by atoms with Crippen LogP contribution in [0.2, 0.25) is 5.02 Å². The molecule has 128 valence electrons. The highest BCUT2D eigenvalue weighted by Crippen LogP contribution is 2.26. The quantitative estimate of drug-likeness (QED) is 0.773. The van der Waals surface area contributed by atoms with Gasteiger partial charge in [-0.3, -0.25) is 4.79 Å². The highest BCUT2D eigenvalue weighted by Gasteiger charge is 2.25. The van der Waals surface area contributed by atoms with Gasteiger partial charge in [0.15, 0.2) is 0 Å². The summed E-state index contributed by atoms with van der Waals surface area (Å²) in [6.45, 7) is 1.01. The van der Waals surface area contributed by atoms with Gasteiger partial charge in [-0.05, 0) is 37.0 Å². The maximum Gasteiger partial charge on any atom is 0.223 e. The van der Waals surface area contributed by atoms with Crippen LogP contribution in [0, 0.1) is 5.92 Å². The number of sulfonamides is 1. The highest BCUT2D eigenvalue weighted by molar-refractivity contribution is 7.88. The lowest BCUT2D eigenvalue weighted by molar-refractivity contribution is -0.127. The third kappa shape index (κ3) is 5.79. The first-order valence-electron chi connectivity index (χ1n) is 7.83. The van der Waals surface area contributed by atoms with Crippen LogP contribution in [0.4, 0.5) is 0 Å². The van der Waals surface area contributed by atoms with Crippen LogP contribution in [0.5, 0.6) is 0 Å². The highest BCUT2D eigenvalue weighted by atomic mass is 35.5. The van der Waals surface area contributed by atoms with Crippen LogP contribution in [-0.4, -0.2) is 44.5 Å². The summed E-state index contributed by atoms with van der Waals surface area (Å²) in [4.78, 5) is 11.8. The fourth-order valence-electron chi connectivity index (χ4n) is 2.51. The summed E-state index contributed by atoms with van der Waals surface area (Å²) >= 11 is 5.94. The number of nitrogens with zero attached hydrogens (tertiary/aromatic N) is 1. The summed E-state index contributed by atoms with van der Waals surface area (Å²) in [5, 5.41) is 3.47. The summed E-state index contributed by atoms with van der Waals surface area (Å²) < 4.78 is 25.2. The minimum absolute atomic E-state index is 0.0412. The SMILES string of the molecule is CS(=O)(=O)N(CCNC(=O)C1CCC1)CCc1cccc(Cl)c1. The second kappa shape index (κ2) is 8.13. The predicted molar refractivity (Wildman–Crippen MR) is 91.9 cm³/mol. The molecule has 0 saturated heterocycles. The summed E-state index contributed by atoms with van der Waals surface area (Å²) in [6, 6.07) is 7.39. The second-order valence-corrected chi connectivity index (χ2v) is 8.38. The predicted octanol–water partition coefficient (Wildman–Crippen LogP) is 2.06. The molecule has 1 amide bonds. The molecule has 5 nitrogen and oxygen atoms in total. The molecule has 2 rings (SSSR count). The molecule has 1 N–H and O–H groups in total. The lowest BCUT2D eigenvalue weighted by atomic mass is 9.85. The Morgan fingerprint density at radius 1 is 1.35 bits per heavy atom. The number of rotatable bonds is 8. The molecule has 1 aliphatic carbocycles. The molecule has 1 fully saturated rings. The molecule has 0 aromatic heterocycles. The van der Waals surface area contributed by atoms with E-state index in [9.17, 15) is 13.2 Å². The van der Waals surface area contributed by atoms with Gasteiger partial charge in [0.2, 0.25) is 15.9 Å². The molecule has 23 heavy (non-hydrogen) atoms. The van der Waals surface area contributed by atoms with Crippen molar-refractivity contribution in [3.63, 3.8) is 0 Å². The van der Waals surface area contributed by atoms with Crippen molar-refractivity contribution in [2.45, 2.75) is 25.7 Å². The van der Waals surface area contributed by atoms with Crippen LogP contribution in [0.25, 0.3) is 0 Å². The normalized spacial score (nSPS) is 15.4. The number of amides is 1. The molecule has 7 heteroatoms. The van der Waals surface area contributed by atoms with Crippen LogP contribution >= 0.6 is 11.6 Å². The van der Waals surface area contributed by atoms with Crippen molar-refractivity contribution < 1.29 is 13.2 Å². The van der Waals surface area contributed by atoms with Gasteiger partial charge in [0, 0.05) is 30.6 Å². The Kier molecular flexibility index (Phi) is 6.44. The van der Waals surface area contributed by atoms with Crippen LogP contribution < -0.4 is 5.32 Å². The van der Waals surface area contributed by atoms with Crippen LogP contribution in [-0.2, 0) is 21.2 Å². The van der Waals surface area contributed by atoms with Gasteiger partial charge in [-0.2, -0.15) is 0 Å². The number of nitrogens with one attached hydrogen (secondary N) is 1. The number of hydrogen-bond donors (Lipinski definition) is 1. The van der Waals surface area contributed by atoms with Crippen molar-refractivity contribution in [3.05, 3.63) is 34.9 Å². The lowest BCUT2D eigenvalue weighted by Gasteiger charge is -2.25. The lowest BCUT2D eigenvalue weighted by Crippen LogP contribution is -2.41. The molecule has 0 spiro atoms. The molecule has 0 bridgehead atoms. The van der Waals surface area contributed by atoms with Crippen molar-refractivity contribution >= 4 is 27.5 Å². The Morgan fingerprint density at radius 2 is 2.09 bits per heavy atom. The van der Waals surface area contributed by atoms with E-state index in [1.807, 2.05) is 18.2 Å². The summed E-state index contributed by atoms with van der Waals surface area (Å²) in [6.07, 6.45) is 4.77. The van der Waals surface area contributed by atoms with Crippen molar-refractivity contribution in [2.24, 2.45) is 5.92 Å². The van der Waals surface area contributed by atoms with E-state index in [2.05, 4.69) is 5.32 Å². The third-order valence-corrected chi connectivity index (χ3v) is 5.68. The third-order valence-electron chi connectivity index (χ3n) is 4.14. The fourth-order valence-corrected chi connectivity index (χ4v) is 3.57. The zero-order chi connectivity index (χ0) is 16.9. The summed E-state index contributed by atoms with van der Waals surface area (Å²) in [5.41, 5.74) is 0.990. The number of hydrogen-bond acceptors (Lipinski definition) is 3. The van der Waals surface area contributed by atoms with Crippen molar-refractivity contribution in [3.8, 4) is 0 Å². The summed E-state index contributed by atoms with van der Waals surface area (Å²) in [5.74, 6) is 0.160. The Balaban J connectivity index is 1.83. The number of carbonyl (C=O) groups is 1. The molecule has 0 radical (unpaired) electrons. The van der Waals surface area contributed by atoms with E-state index in [4.69, 9.17) is 11.6 Å². The first kappa shape index (κ1) is 18.2. The minimum atomic E-state index is -3.31. The maximum atomic E-state index is 11.9. The van der Waals surface area contributed by atoms with Gasteiger partial charge in [-0.1, -0.05) is 30.2 Å². The van der Waals surface area contributed by atoms with E-state index < -0.39 is 10.0 Å². The Hall–Kier alpha value is -1.11. The monoisotopic (exact) mass is 358 g/mol. The molecule has 0 aliphatic heterocycles. The molecular formula is C16H23ClN2O3S. The number of benzene rings is 1. The number of halogens is 1. The van der Waals surface area contributed by atoms with E-state index in [1.54, 1.807) is 6.07 Å². The maximum absolute atomic E-state index is 11.9. The molecule has 1 aliphatic rings. The first-order chi connectivity index (χ1) is 10.9. The van der Waals surface area contributed by atoms with Gasteiger partial charge in [-0.25, -0.2) is 12.7 Å². The Morgan fingerprint density at radius 3 is 2.65 bits per heavy atom. The van der Waals surface area contributed by atoms with Crippen LogP contribution in [0.3, 0.4) is 0 Å². The largest absolute Gasteiger partial charge is 0.355 e. The van der Waals surface area contributed by atoms with Crippen LogP contribution in [0.1, 0.15) is 24.8 Å². The molecule has 1 aromatic rings. The van der Waals surface area contributed by atoms with Gasteiger partial charge >= 0.3 is 0 Å². The fraction of sp³-hybridized carbons (Fsp3) is 0.562. The second-order valence-electron chi connectivity index (χ2n) is 5.96. The average molecular weight is 359 g/mol. The van der Waals surface area contributed by atoms with Crippen molar-refractivity contribution in [1.82, 2.24) is 9.62 Å². The Labute approximate surface area is 143 Å². The summed E-state index contributed by atoms with van der Waals surface area (Å²) in [7, 11) is -3.31. The molecule has 1 aromatic carbocycles.